The molecule has 194 valence electrons. The van der Waals surface area contributed by atoms with Crippen molar-refractivity contribution in [1.29, 1.82) is 0 Å². The number of carbonyl (C=O) groups excluding carboxylic acids is 1. The third-order valence-corrected chi connectivity index (χ3v) is 6.21. The second-order valence-electron chi connectivity index (χ2n) is 8.34. The summed E-state index contributed by atoms with van der Waals surface area (Å²) in [5.74, 6) is -0.0478. The van der Waals surface area contributed by atoms with Gasteiger partial charge in [0.05, 0.1) is 18.1 Å². The molecule has 0 unspecified atom stereocenters. The Morgan fingerprint density at radius 1 is 0.886 bits per heavy atom. The van der Waals surface area contributed by atoms with Crippen molar-refractivity contribution in [2.75, 3.05) is 63.9 Å². The maximum Gasteiger partial charge on any atom is 0.293 e. The van der Waals surface area contributed by atoms with Gasteiger partial charge in [-0.15, -0.1) is 37.2 Å². The molecular weight excluding hydrogens is 515 g/mol. The number of Topliss-reactive ketones (excluding diaryl/α,β-unsaturated/α-hetero) is 1. The lowest BCUT2D eigenvalue weighted by atomic mass is 10.1. The van der Waals surface area contributed by atoms with Crippen molar-refractivity contribution in [3.8, 4) is 0 Å². The van der Waals surface area contributed by atoms with E-state index >= 15 is 0 Å². The van der Waals surface area contributed by atoms with Crippen LogP contribution in [0.2, 0.25) is 0 Å². The molecule has 4 rings (SSSR count). The highest BCUT2D eigenvalue weighted by Crippen LogP contribution is 2.30. The fraction of sp³-hybridized carbons (Fsp3) is 0.458. The number of nitro groups is 1. The number of anilines is 1. The van der Waals surface area contributed by atoms with Crippen molar-refractivity contribution in [2.24, 2.45) is 0 Å². The number of morpholine rings is 1. The Kier molecular flexibility index (Phi) is 13.5. The van der Waals surface area contributed by atoms with Crippen LogP contribution < -0.4 is 4.90 Å². The van der Waals surface area contributed by atoms with Crippen LogP contribution >= 0.6 is 37.2 Å². The summed E-state index contributed by atoms with van der Waals surface area (Å²) >= 11 is 0. The van der Waals surface area contributed by atoms with Crippen molar-refractivity contribution < 1.29 is 14.5 Å². The molecule has 0 amide bonds. The molecule has 8 nitrogen and oxygen atoms in total. The molecule has 2 aromatic carbocycles. The van der Waals surface area contributed by atoms with Crippen molar-refractivity contribution in [1.82, 2.24) is 9.80 Å². The number of nitrogens with zero attached hydrogens (tertiary/aromatic N) is 4. The van der Waals surface area contributed by atoms with Crippen LogP contribution in [0.5, 0.6) is 0 Å². The Balaban J connectivity index is 0.00000204. The van der Waals surface area contributed by atoms with Gasteiger partial charge < -0.3 is 14.5 Å². The van der Waals surface area contributed by atoms with Gasteiger partial charge in [0.1, 0.15) is 5.69 Å². The van der Waals surface area contributed by atoms with Gasteiger partial charge in [-0.1, -0.05) is 30.3 Å². The van der Waals surface area contributed by atoms with Crippen LogP contribution in [0.3, 0.4) is 0 Å². The topological polar surface area (TPSA) is 79.2 Å². The smallest absolute Gasteiger partial charge is 0.293 e. The minimum absolute atomic E-state index is 0. The van der Waals surface area contributed by atoms with Crippen LogP contribution in [0.4, 0.5) is 11.4 Å². The average Bonchev–Trinajstić information content (AvgIpc) is 2.84. The predicted octanol–water partition coefficient (Wildman–Crippen LogP) is 4.09. The van der Waals surface area contributed by atoms with Gasteiger partial charge in [0.15, 0.2) is 5.78 Å². The van der Waals surface area contributed by atoms with Crippen molar-refractivity contribution >= 4 is 54.4 Å². The van der Waals surface area contributed by atoms with E-state index in [1.54, 1.807) is 12.1 Å². The first kappa shape index (κ1) is 31.1. The quantitative estimate of drug-likeness (QED) is 0.280. The third kappa shape index (κ3) is 8.59. The Bertz CT molecular complexity index is 938. The van der Waals surface area contributed by atoms with Crippen LogP contribution in [-0.2, 0) is 11.3 Å². The molecule has 0 aliphatic carbocycles. The standard InChI is InChI=1S/C24H30N4O4.3ClH/c29-24(8-9-25-10-12-26(13-11-25)19-20-4-2-1-3-5-20)21-6-7-22(23(18-21)28(30)31)27-14-16-32-17-15-27;;;/h1-7,18H,8-17,19H2;3*1H. The largest absolute Gasteiger partial charge is 0.378 e. The normalized spacial score (nSPS) is 16.4. The van der Waals surface area contributed by atoms with E-state index in [4.69, 9.17) is 4.74 Å². The zero-order chi connectivity index (χ0) is 22.3. The highest BCUT2D eigenvalue weighted by molar-refractivity contribution is 5.97. The first-order valence-electron chi connectivity index (χ1n) is 11.2. The molecule has 0 atom stereocenters. The first-order valence-corrected chi connectivity index (χ1v) is 11.2. The summed E-state index contributed by atoms with van der Waals surface area (Å²) in [6.07, 6.45) is 0.368. The lowest BCUT2D eigenvalue weighted by molar-refractivity contribution is -0.384. The molecule has 0 radical (unpaired) electrons. The zero-order valence-corrected chi connectivity index (χ0v) is 22.0. The Morgan fingerprint density at radius 2 is 1.51 bits per heavy atom. The van der Waals surface area contributed by atoms with E-state index in [1.807, 2.05) is 11.0 Å². The number of benzene rings is 2. The van der Waals surface area contributed by atoms with Crippen molar-refractivity contribution in [3.63, 3.8) is 0 Å². The maximum absolute atomic E-state index is 12.8. The van der Waals surface area contributed by atoms with Gasteiger partial charge in [-0.25, -0.2) is 0 Å². The molecule has 35 heavy (non-hydrogen) atoms. The number of carbonyl (C=O) groups is 1. The molecule has 11 heteroatoms. The minimum atomic E-state index is -0.395. The monoisotopic (exact) mass is 546 g/mol. The highest BCUT2D eigenvalue weighted by atomic mass is 35.5. The molecule has 0 saturated carbocycles. The summed E-state index contributed by atoms with van der Waals surface area (Å²) in [4.78, 5) is 30.7. The minimum Gasteiger partial charge on any atom is -0.378 e. The summed E-state index contributed by atoms with van der Waals surface area (Å²) in [7, 11) is 0. The van der Waals surface area contributed by atoms with Gasteiger partial charge in [0.25, 0.3) is 5.69 Å². The van der Waals surface area contributed by atoms with E-state index in [-0.39, 0.29) is 48.7 Å². The Morgan fingerprint density at radius 3 is 2.14 bits per heavy atom. The van der Waals surface area contributed by atoms with Gasteiger partial charge >= 0.3 is 0 Å². The van der Waals surface area contributed by atoms with Gasteiger partial charge in [0, 0.05) is 70.4 Å². The summed E-state index contributed by atoms with van der Waals surface area (Å²) in [5, 5.41) is 11.6. The third-order valence-electron chi connectivity index (χ3n) is 6.21. The molecule has 2 aliphatic heterocycles. The van der Waals surface area contributed by atoms with E-state index in [9.17, 15) is 14.9 Å². The lowest BCUT2D eigenvalue weighted by Gasteiger charge is -2.34. The van der Waals surface area contributed by atoms with E-state index in [1.165, 1.54) is 11.6 Å². The number of ketones is 1. The molecule has 2 aromatic rings. The molecule has 2 aliphatic rings. The Hall–Kier alpha value is -1.94. The number of halogens is 3. The molecular formula is C24H33Cl3N4O4. The number of ether oxygens (including phenoxy) is 1. The van der Waals surface area contributed by atoms with E-state index < -0.39 is 4.92 Å². The number of piperazine rings is 1. The number of hydrogen-bond donors (Lipinski definition) is 0. The fourth-order valence-corrected chi connectivity index (χ4v) is 4.33. The van der Waals surface area contributed by atoms with Gasteiger partial charge in [-0.2, -0.15) is 0 Å². The molecule has 2 saturated heterocycles. The number of nitro benzene ring substituents is 1. The molecule has 0 spiro atoms. The lowest BCUT2D eigenvalue weighted by Crippen LogP contribution is -2.46. The van der Waals surface area contributed by atoms with E-state index in [2.05, 4.69) is 34.1 Å². The molecule has 0 aromatic heterocycles. The first-order chi connectivity index (χ1) is 15.6. The van der Waals surface area contributed by atoms with Crippen molar-refractivity contribution in [3.05, 3.63) is 69.8 Å². The van der Waals surface area contributed by atoms with E-state index in [0.29, 0.717) is 50.5 Å². The van der Waals surface area contributed by atoms with Crippen molar-refractivity contribution in [2.45, 2.75) is 13.0 Å². The van der Waals surface area contributed by atoms with Crippen LogP contribution in [0.25, 0.3) is 0 Å². The van der Waals surface area contributed by atoms with E-state index in [0.717, 1.165) is 32.7 Å². The van der Waals surface area contributed by atoms with Crippen LogP contribution in [0.15, 0.2) is 48.5 Å². The fourth-order valence-electron chi connectivity index (χ4n) is 4.33. The second-order valence-corrected chi connectivity index (χ2v) is 8.34. The second kappa shape index (κ2) is 15.2. The predicted molar refractivity (Wildman–Crippen MR) is 145 cm³/mol. The van der Waals surface area contributed by atoms with Gasteiger partial charge in [-0.05, 0) is 17.7 Å². The molecule has 2 fully saturated rings. The molecule has 2 heterocycles. The SMILES string of the molecule is Cl.Cl.Cl.O=C(CCN1CCN(Cc2ccccc2)CC1)c1ccc(N2CCOCC2)c([N+](=O)[O-])c1. The summed E-state index contributed by atoms with van der Waals surface area (Å²) in [6.45, 7) is 7.77. The van der Waals surface area contributed by atoms with Gasteiger partial charge in [0.2, 0.25) is 0 Å². The summed E-state index contributed by atoms with van der Waals surface area (Å²) < 4.78 is 5.34. The summed E-state index contributed by atoms with van der Waals surface area (Å²) in [6, 6.07) is 15.3. The van der Waals surface area contributed by atoms with Crippen LogP contribution in [0.1, 0.15) is 22.3 Å². The van der Waals surface area contributed by atoms with Crippen LogP contribution in [-0.4, -0.2) is 79.5 Å². The zero-order valence-electron chi connectivity index (χ0n) is 19.5. The molecule has 0 bridgehead atoms. The number of hydrogen-bond acceptors (Lipinski definition) is 7. The maximum atomic E-state index is 12.8. The highest BCUT2D eigenvalue weighted by Gasteiger charge is 2.24. The molecule has 0 N–H and O–H groups in total. The Labute approximate surface area is 225 Å². The van der Waals surface area contributed by atoms with Crippen LogP contribution in [0, 0.1) is 10.1 Å². The van der Waals surface area contributed by atoms with Gasteiger partial charge in [-0.3, -0.25) is 19.8 Å². The average molecular weight is 548 g/mol. The number of rotatable bonds is 8. The summed E-state index contributed by atoms with van der Waals surface area (Å²) in [5.41, 5.74) is 2.28.